The zero-order chi connectivity index (χ0) is 15.7. The summed E-state index contributed by atoms with van der Waals surface area (Å²) in [5.41, 5.74) is 0.764. The molecular formula is C18H24FNO2. The summed E-state index contributed by atoms with van der Waals surface area (Å²) in [5.74, 6) is -0.0881. The molecular weight excluding hydrogens is 281 g/mol. The molecule has 120 valence electrons. The van der Waals surface area contributed by atoms with Gasteiger partial charge in [-0.1, -0.05) is 38.7 Å². The van der Waals surface area contributed by atoms with Crippen LogP contribution in [0.25, 0.3) is 0 Å². The quantitative estimate of drug-likeness (QED) is 0.910. The van der Waals surface area contributed by atoms with Gasteiger partial charge in [0.15, 0.2) is 11.6 Å². The number of carbonyl (C=O) groups excluding carboxylic acids is 1. The molecule has 0 radical (unpaired) electrons. The molecule has 2 aliphatic rings. The number of aromatic hydroxyl groups is 1. The Bertz CT molecular complexity index is 564. The Kier molecular flexibility index (Phi) is 4.37. The van der Waals surface area contributed by atoms with Crippen molar-refractivity contribution in [3.8, 4) is 5.75 Å². The molecule has 4 heteroatoms. The highest BCUT2D eigenvalue weighted by Crippen LogP contribution is 2.35. The van der Waals surface area contributed by atoms with Crippen molar-refractivity contribution in [2.75, 3.05) is 6.54 Å². The maximum atomic E-state index is 13.9. The third kappa shape index (κ3) is 2.83. The van der Waals surface area contributed by atoms with Crippen molar-refractivity contribution in [3.05, 3.63) is 29.1 Å². The summed E-state index contributed by atoms with van der Waals surface area (Å²) in [6.45, 7) is 3.42. The Morgan fingerprint density at radius 3 is 2.59 bits per heavy atom. The van der Waals surface area contributed by atoms with E-state index in [2.05, 4.69) is 6.92 Å². The number of carbonyl (C=O) groups is 1. The van der Waals surface area contributed by atoms with Gasteiger partial charge in [0.1, 0.15) is 0 Å². The lowest BCUT2D eigenvalue weighted by molar-refractivity contribution is 0.0725. The lowest BCUT2D eigenvalue weighted by Crippen LogP contribution is -2.32. The summed E-state index contributed by atoms with van der Waals surface area (Å²) in [4.78, 5) is 14.1. The van der Waals surface area contributed by atoms with Crippen molar-refractivity contribution in [3.63, 3.8) is 0 Å². The van der Waals surface area contributed by atoms with Crippen LogP contribution in [0, 0.1) is 17.7 Å². The van der Waals surface area contributed by atoms with Crippen LogP contribution in [0.15, 0.2) is 12.1 Å². The number of phenolic OH excluding ortho intramolecular Hbond substituents is 1. The average molecular weight is 305 g/mol. The zero-order valence-electron chi connectivity index (χ0n) is 13.1. The number of hydrogen-bond donors (Lipinski definition) is 1. The van der Waals surface area contributed by atoms with Gasteiger partial charge in [0.25, 0.3) is 5.91 Å². The second-order valence-electron chi connectivity index (χ2n) is 6.79. The fourth-order valence-electron chi connectivity index (χ4n) is 3.97. The van der Waals surface area contributed by atoms with Crippen molar-refractivity contribution in [2.24, 2.45) is 11.8 Å². The first-order valence-corrected chi connectivity index (χ1v) is 8.39. The minimum atomic E-state index is -0.767. The van der Waals surface area contributed by atoms with Gasteiger partial charge in [-0.25, -0.2) is 4.39 Å². The molecule has 0 aromatic heterocycles. The molecule has 0 bridgehead atoms. The van der Waals surface area contributed by atoms with Crippen molar-refractivity contribution in [2.45, 2.75) is 52.0 Å². The first-order valence-electron chi connectivity index (χ1n) is 8.39. The first-order chi connectivity index (χ1) is 10.6. The first kappa shape index (κ1) is 15.3. The fourth-order valence-corrected chi connectivity index (χ4v) is 3.97. The van der Waals surface area contributed by atoms with Crippen LogP contribution in [0.1, 0.15) is 61.4 Å². The molecule has 1 aromatic carbocycles. The van der Waals surface area contributed by atoms with E-state index in [1.54, 1.807) is 11.0 Å². The van der Waals surface area contributed by atoms with E-state index in [1.165, 1.54) is 44.6 Å². The predicted molar refractivity (Wildman–Crippen MR) is 83.2 cm³/mol. The van der Waals surface area contributed by atoms with E-state index in [0.29, 0.717) is 24.6 Å². The number of hydrogen-bond acceptors (Lipinski definition) is 2. The number of nitrogens with zero attached hydrogens (tertiary/aromatic N) is 1. The highest BCUT2D eigenvalue weighted by molar-refractivity contribution is 5.99. The molecule has 1 fully saturated rings. The third-order valence-corrected chi connectivity index (χ3v) is 5.21. The van der Waals surface area contributed by atoms with Gasteiger partial charge in [-0.05, 0) is 36.3 Å². The summed E-state index contributed by atoms with van der Waals surface area (Å²) in [5, 5.41) is 9.44. The summed E-state index contributed by atoms with van der Waals surface area (Å²) in [6.07, 6.45) is 7.39. The fraction of sp³-hybridized carbons (Fsp3) is 0.611. The summed E-state index contributed by atoms with van der Waals surface area (Å²) < 4.78 is 13.9. The van der Waals surface area contributed by atoms with Crippen LogP contribution in [0.4, 0.5) is 4.39 Å². The predicted octanol–water partition coefficient (Wildman–Crippen LogP) is 4.09. The van der Waals surface area contributed by atoms with E-state index in [9.17, 15) is 14.3 Å². The minimum absolute atomic E-state index is 0.0691. The number of fused-ring (bicyclic) bond motifs is 1. The number of rotatable bonds is 4. The van der Waals surface area contributed by atoms with Crippen LogP contribution in [0.3, 0.4) is 0 Å². The zero-order valence-corrected chi connectivity index (χ0v) is 13.1. The Morgan fingerprint density at radius 2 is 1.91 bits per heavy atom. The van der Waals surface area contributed by atoms with Crippen LogP contribution in [0.2, 0.25) is 0 Å². The Balaban J connectivity index is 1.62. The summed E-state index contributed by atoms with van der Waals surface area (Å²) in [7, 11) is 0. The second-order valence-corrected chi connectivity index (χ2v) is 6.79. The topological polar surface area (TPSA) is 40.5 Å². The normalized spacial score (nSPS) is 24.6. The van der Waals surface area contributed by atoms with Gasteiger partial charge in [0, 0.05) is 13.1 Å². The van der Waals surface area contributed by atoms with Crippen LogP contribution in [-0.2, 0) is 6.54 Å². The Morgan fingerprint density at radius 1 is 1.23 bits per heavy atom. The maximum Gasteiger partial charge on any atom is 0.257 e. The molecule has 3 nitrogen and oxygen atoms in total. The number of phenols is 1. The largest absolute Gasteiger partial charge is 0.505 e. The molecule has 1 aliphatic carbocycles. The third-order valence-electron chi connectivity index (χ3n) is 5.21. The van der Waals surface area contributed by atoms with E-state index >= 15 is 0 Å². The molecule has 0 unspecified atom stereocenters. The van der Waals surface area contributed by atoms with Gasteiger partial charge in [-0.15, -0.1) is 0 Å². The van der Waals surface area contributed by atoms with Gasteiger partial charge in [-0.2, -0.15) is 0 Å². The molecule has 1 aliphatic heterocycles. The molecule has 1 aromatic rings. The van der Waals surface area contributed by atoms with E-state index in [0.717, 1.165) is 5.92 Å². The highest BCUT2D eigenvalue weighted by atomic mass is 19.1. The molecule has 3 rings (SSSR count). The molecule has 1 amide bonds. The van der Waals surface area contributed by atoms with E-state index in [-0.39, 0.29) is 11.5 Å². The second kappa shape index (κ2) is 6.27. The number of benzene rings is 1. The van der Waals surface area contributed by atoms with Gasteiger partial charge in [0.05, 0.1) is 5.56 Å². The average Bonchev–Trinajstić information content (AvgIpc) is 2.82. The van der Waals surface area contributed by atoms with Crippen molar-refractivity contribution in [1.82, 2.24) is 4.90 Å². The van der Waals surface area contributed by atoms with Crippen molar-refractivity contribution < 1.29 is 14.3 Å². The minimum Gasteiger partial charge on any atom is -0.505 e. The maximum absolute atomic E-state index is 13.9. The smallest absolute Gasteiger partial charge is 0.257 e. The van der Waals surface area contributed by atoms with Crippen molar-refractivity contribution in [1.29, 1.82) is 0 Å². The Hall–Kier alpha value is -1.58. The summed E-state index contributed by atoms with van der Waals surface area (Å²) >= 11 is 0. The molecule has 0 atom stereocenters. The van der Waals surface area contributed by atoms with Crippen LogP contribution >= 0.6 is 0 Å². The lowest BCUT2D eigenvalue weighted by Gasteiger charge is -2.31. The molecule has 1 heterocycles. The van der Waals surface area contributed by atoms with E-state index < -0.39 is 11.6 Å². The standard InChI is InChI=1S/C18H24FNO2/c1-2-3-12-4-6-13(7-5-12)10-20-11-14-8-9-15(21)17(19)16(14)18(20)22/h8-9,12-13,21H,2-7,10-11H2,1H3. The van der Waals surface area contributed by atoms with Crippen LogP contribution in [-0.4, -0.2) is 22.5 Å². The van der Waals surface area contributed by atoms with E-state index in [4.69, 9.17) is 0 Å². The summed E-state index contributed by atoms with van der Waals surface area (Å²) in [6, 6.07) is 2.99. The van der Waals surface area contributed by atoms with Gasteiger partial charge < -0.3 is 10.0 Å². The van der Waals surface area contributed by atoms with E-state index in [1.807, 2.05) is 0 Å². The van der Waals surface area contributed by atoms with Gasteiger partial charge >= 0.3 is 0 Å². The molecule has 0 spiro atoms. The number of halogens is 1. The van der Waals surface area contributed by atoms with Gasteiger partial charge in [-0.3, -0.25) is 4.79 Å². The van der Waals surface area contributed by atoms with Crippen LogP contribution in [0.5, 0.6) is 5.75 Å². The molecule has 22 heavy (non-hydrogen) atoms. The SMILES string of the molecule is CCCC1CCC(CN2Cc3ccc(O)c(F)c3C2=O)CC1. The Labute approximate surface area is 131 Å². The van der Waals surface area contributed by atoms with Crippen LogP contribution < -0.4 is 0 Å². The molecule has 1 saturated carbocycles. The van der Waals surface area contributed by atoms with Crippen molar-refractivity contribution >= 4 is 5.91 Å². The monoisotopic (exact) mass is 305 g/mol. The highest BCUT2D eigenvalue weighted by Gasteiger charge is 2.33. The lowest BCUT2D eigenvalue weighted by atomic mass is 9.80. The van der Waals surface area contributed by atoms with Gasteiger partial charge in [0.2, 0.25) is 0 Å². The molecule has 0 saturated heterocycles. The molecule has 1 N–H and O–H groups in total. The number of amides is 1.